The highest BCUT2D eigenvalue weighted by Crippen LogP contribution is 2.32. The van der Waals surface area contributed by atoms with Gasteiger partial charge in [-0.2, -0.15) is 4.98 Å². The molecule has 2 heterocycles. The van der Waals surface area contributed by atoms with Gasteiger partial charge in [-0.15, -0.1) is 0 Å². The first-order chi connectivity index (χ1) is 16.0. The molecule has 3 N–H and O–H groups in total. The fourth-order valence-electron chi connectivity index (χ4n) is 3.50. The first-order valence-electron chi connectivity index (χ1n) is 11.0. The predicted octanol–water partition coefficient (Wildman–Crippen LogP) is 4.79. The number of fused-ring (bicyclic) bond motifs is 1. The zero-order chi connectivity index (χ0) is 23.2. The molecule has 0 atom stereocenters. The van der Waals surface area contributed by atoms with Crippen molar-refractivity contribution < 1.29 is 14.3 Å². The normalized spacial score (nSPS) is 12.1. The van der Waals surface area contributed by atoms with Gasteiger partial charge in [0.2, 0.25) is 5.95 Å². The molecule has 2 amide bonds. The first kappa shape index (κ1) is 22.2. The number of aromatic nitrogens is 2. The van der Waals surface area contributed by atoms with E-state index in [-0.39, 0.29) is 6.03 Å². The van der Waals surface area contributed by atoms with Gasteiger partial charge in [0.15, 0.2) is 11.5 Å². The lowest BCUT2D eigenvalue weighted by molar-refractivity contribution is 0.171. The van der Waals surface area contributed by atoms with Gasteiger partial charge in [0.1, 0.15) is 19.0 Å². The van der Waals surface area contributed by atoms with Crippen molar-refractivity contribution in [2.45, 2.75) is 20.8 Å². The Kier molecular flexibility index (Phi) is 6.77. The number of hydrogen-bond acceptors (Lipinski definition) is 7. The second kappa shape index (κ2) is 10.1. The lowest BCUT2D eigenvalue weighted by atomic mass is 10.2. The average Bonchev–Trinajstić information content (AvgIpc) is 2.81. The van der Waals surface area contributed by atoms with Crippen molar-refractivity contribution in [2.75, 3.05) is 47.2 Å². The number of aryl methyl sites for hydroxylation is 1. The minimum Gasteiger partial charge on any atom is -0.486 e. The van der Waals surface area contributed by atoms with Crippen LogP contribution in [-0.4, -0.2) is 42.3 Å². The van der Waals surface area contributed by atoms with Crippen LogP contribution in [0.4, 0.5) is 33.6 Å². The molecular formula is C24H28N6O3. The van der Waals surface area contributed by atoms with Crippen LogP contribution in [0.3, 0.4) is 0 Å². The molecule has 9 nitrogen and oxygen atoms in total. The van der Waals surface area contributed by atoms with Crippen molar-refractivity contribution >= 4 is 34.9 Å². The lowest BCUT2D eigenvalue weighted by Gasteiger charge is -2.20. The monoisotopic (exact) mass is 448 g/mol. The maximum atomic E-state index is 12.4. The summed E-state index contributed by atoms with van der Waals surface area (Å²) in [7, 11) is 0. The summed E-state index contributed by atoms with van der Waals surface area (Å²) < 4.78 is 11.0. The van der Waals surface area contributed by atoms with Crippen molar-refractivity contribution in [3.8, 4) is 11.5 Å². The maximum absolute atomic E-state index is 12.4. The fourth-order valence-corrected chi connectivity index (χ4v) is 3.50. The molecule has 0 aliphatic carbocycles. The van der Waals surface area contributed by atoms with Crippen LogP contribution in [0, 0.1) is 6.92 Å². The fraction of sp³-hybridized carbons (Fsp3) is 0.292. The van der Waals surface area contributed by atoms with Gasteiger partial charge in [-0.05, 0) is 57.2 Å². The summed E-state index contributed by atoms with van der Waals surface area (Å²) in [6.45, 7) is 8.92. The Hall–Kier alpha value is -4.01. The third kappa shape index (κ3) is 5.62. The number of carbonyl (C=O) groups is 1. The molecule has 9 heteroatoms. The second-order valence-corrected chi connectivity index (χ2v) is 7.50. The van der Waals surface area contributed by atoms with Crippen LogP contribution in [0.5, 0.6) is 11.5 Å². The first-order valence-corrected chi connectivity index (χ1v) is 11.0. The molecule has 1 aromatic heterocycles. The molecule has 0 saturated heterocycles. The standard InChI is InChI=1S/C24H28N6O3/c1-4-30(5-2)22-14-16(3)25-23(29-22)26-17-6-8-18(9-7-17)27-24(31)28-19-10-11-20-21(15-19)33-13-12-32-20/h6-11,14-15H,4-5,12-13H2,1-3H3,(H,25,26,29)(H2,27,28,31). The Labute approximate surface area is 193 Å². The van der Waals surface area contributed by atoms with Crippen molar-refractivity contribution in [3.05, 3.63) is 54.2 Å². The molecule has 33 heavy (non-hydrogen) atoms. The summed E-state index contributed by atoms with van der Waals surface area (Å²) in [5, 5.41) is 8.86. The van der Waals surface area contributed by atoms with Crippen LogP contribution in [0.1, 0.15) is 19.5 Å². The molecule has 2 aromatic carbocycles. The summed E-state index contributed by atoms with van der Waals surface area (Å²) in [5.74, 6) is 2.73. The Morgan fingerprint density at radius 2 is 1.52 bits per heavy atom. The van der Waals surface area contributed by atoms with Crippen LogP contribution < -0.4 is 30.3 Å². The average molecular weight is 449 g/mol. The number of anilines is 5. The van der Waals surface area contributed by atoms with E-state index in [1.807, 2.05) is 37.3 Å². The highest BCUT2D eigenvalue weighted by atomic mass is 16.6. The topological polar surface area (TPSA) is 101 Å². The lowest BCUT2D eigenvalue weighted by Crippen LogP contribution is -2.23. The van der Waals surface area contributed by atoms with Crippen LogP contribution in [-0.2, 0) is 0 Å². The van der Waals surface area contributed by atoms with E-state index in [1.165, 1.54) is 0 Å². The Balaban J connectivity index is 1.37. The summed E-state index contributed by atoms with van der Waals surface area (Å²) in [6.07, 6.45) is 0. The molecule has 0 saturated carbocycles. The number of rotatable bonds is 7. The number of ether oxygens (including phenoxy) is 2. The van der Waals surface area contributed by atoms with Gasteiger partial charge in [0.25, 0.3) is 0 Å². The Bertz CT molecular complexity index is 1120. The van der Waals surface area contributed by atoms with Crippen LogP contribution in [0.15, 0.2) is 48.5 Å². The van der Waals surface area contributed by atoms with Gasteiger partial charge in [-0.25, -0.2) is 9.78 Å². The van der Waals surface area contributed by atoms with Gasteiger partial charge in [-0.1, -0.05) is 0 Å². The molecule has 1 aliphatic heterocycles. The van der Waals surface area contributed by atoms with E-state index < -0.39 is 0 Å². The molecule has 0 unspecified atom stereocenters. The number of benzene rings is 2. The van der Waals surface area contributed by atoms with Crippen LogP contribution in [0.25, 0.3) is 0 Å². The minimum absolute atomic E-state index is 0.349. The van der Waals surface area contributed by atoms with Gasteiger partial charge in [0.05, 0.1) is 0 Å². The molecule has 0 bridgehead atoms. The molecule has 0 radical (unpaired) electrons. The van der Waals surface area contributed by atoms with E-state index in [4.69, 9.17) is 9.47 Å². The van der Waals surface area contributed by atoms with Crippen LogP contribution >= 0.6 is 0 Å². The molecule has 3 aromatic rings. The smallest absolute Gasteiger partial charge is 0.323 e. The molecule has 172 valence electrons. The highest BCUT2D eigenvalue weighted by molar-refractivity contribution is 6.00. The summed E-state index contributed by atoms with van der Waals surface area (Å²) in [5.41, 5.74) is 2.99. The number of urea groups is 1. The quantitative estimate of drug-likeness (QED) is 0.478. The largest absolute Gasteiger partial charge is 0.486 e. The van der Waals surface area contributed by atoms with E-state index in [0.717, 1.165) is 30.3 Å². The van der Waals surface area contributed by atoms with E-state index in [1.54, 1.807) is 18.2 Å². The molecule has 1 aliphatic rings. The molecular weight excluding hydrogens is 420 g/mol. The number of hydrogen-bond donors (Lipinski definition) is 3. The van der Waals surface area contributed by atoms with Crippen LogP contribution in [0.2, 0.25) is 0 Å². The summed E-state index contributed by atoms with van der Waals surface area (Å²) >= 11 is 0. The van der Waals surface area contributed by atoms with Crippen molar-refractivity contribution in [1.82, 2.24) is 9.97 Å². The van der Waals surface area contributed by atoms with Gasteiger partial charge >= 0.3 is 6.03 Å². The molecule has 4 rings (SSSR count). The molecule has 0 spiro atoms. The zero-order valence-corrected chi connectivity index (χ0v) is 19.0. The maximum Gasteiger partial charge on any atom is 0.323 e. The van der Waals surface area contributed by atoms with Gasteiger partial charge < -0.3 is 30.3 Å². The summed E-state index contributed by atoms with van der Waals surface area (Å²) in [4.78, 5) is 23.7. The SMILES string of the molecule is CCN(CC)c1cc(C)nc(Nc2ccc(NC(=O)Nc3ccc4c(c3)OCCO4)cc2)n1. The highest BCUT2D eigenvalue weighted by Gasteiger charge is 2.13. The van der Waals surface area contributed by atoms with Gasteiger partial charge in [0, 0.05) is 48.0 Å². The van der Waals surface area contributed by atoms with E-state index in [9.17, 15) is 4.79 Å². The number of carbonyl (C=O) groups excluding carboxylic acids is 1. The Morgan fingerprint density at radius 1 is 0.879 bits per heavy atom. The predicted molar refractivity (Wildman–Crippen MR) is 130 cm³/mol. The number of amides is 2. The van der Waals surface area contributed by atoms with E-state index in [2.05, 4.69) is 44.7 Å². The van der Waals surface area contributed by atoms with Crippen molar-refractivity contribution in [2.24, 2.45) is 0 Å². The number of nitrogens with one attached hydrogen (secondary N) is 3. The van der Waals surface area contributed by atoms with E-state index >= 15 is 0 Å². The zero-order valence-electron chi connectivity index (χ0n) is 19.0. The van der Waals surface area contributed by atoms with Crippen molar-refractivity contribution in [3.63, 3.8) is 0 Å². The molecule has 0 fully saturated rings. The second-order valence-electron chi connectivity index (χ2n) is 7.50. The number of nitrogens with zero attached hydrogens (tertiary/aromatic N) is 3. The summed E-state index contributed by atoms with van der Waals surface area (Å²) in [6, 6.07) is 14.3. The third-order valence-electron chi connectivity index (χ3n) is 5.13. The van der Waals surface area contributed by atoms with E-state index in [0.29, 0.717) is 42.0 Å². The third-order valence-corrected chi connectivity index (χ3v) is 5.13. The Morgan fingerprint density at radius 3 is 2.24 bits per heavy atom. The van der Waals surface area contributed by atoms with Crippen molar-refractivity contribution in [1.29, 1.82) is 0 Å². The minimum atomic E-state index is -0.349. The van der Waals surface area contributed by atoms with Gasteiger partial charge in [-0.3, -0.25) is 0 Å².